The Kier molecular flexibility index (Phi) is 4.06. The Balaban J connectivity index is 2.26. The molecule has 17 heavy (non-hydrogen) atoms. The summed E-state index contributed by atoms with van der Waals surface area (Å²) in [7, 11) is -3.44. The molecule has 0 spiro atoms. The van der Waals surface area contributed by atoms with E-state index in [1.54, 1.807) is 24.3 Å². The zero-order chi connectivity index (χ0) is 12.5. The second kappa shape index (κ2) is 5.21. The molecule has 0 aliphatic carbocycles. The van der Waals surface area contributed by atoms with Gasteiger partial charge in [0.1, 0.15) is 0 Å². The van der Waals surface area contributed by atoms with E-state index in [4.69, 9.17) is 0 Å². The van der Waals surface area contributed by atoms with Crippen molar-refractivity contribution in [2.75, 3.05) is 13.1 Å². The molecule has 2 rings (SSSR count). The van der Waals surface area contributed by atoms with E-state index in [-0.39, 0.29) is 6.54 Å². The summed E-state index contributed by atoms with van der Waals surface area (Å²) < 4.78 is 26.9. The number of piperidine rings is 1. The molecule has 1 N–H and O–H groups in total. The minimum Gasteiger partial charge on any atom is -0.392 e. The van der Waals surface area contributed by atoms with Crippen LogP contribution in [0.5, 0.6) is 0 Å². The molecule has 1 atom stereocenters. The predicted octanol–water partition coefficient (Wildman–Crippen LogP) is 1.44. The highest BCUT2D eigenvalue weighted by Crippen LogP contribution is 2.21. The maximum Gasteiger partial charge on any atom is 0.243 e. The summed E-state index contributed by atoms with van der Waals surface area (Å²) in [5, 5.41) is 9.53. The van der Waals surface area contributed by atoms with Crippen molar-refractivity contribution < 1.29 is 13.5 Å². The van der Waals surface area contributed by atoms with Gasteiger partial charge in [-0.15, -0.1) is 0 Å². The highest BCUT2D eigenvalue weighted by Gasteiger charge is 2.29. The van der Waals surface area contributed by atoms with Crippen LogP contribution in [0.25, 0.3) is 0 Å². The number of halogens is 1. The molecule has 1 fully saturated rings. The zero-order valence-corrected chi connectivity index (χ0v) is 12.2. The summed E-state index contributed by atoms with van der Waals surface area (Å²) in [6, 6.07) is 6.76. The van der Waals surface area contributed by atoms with Crippen molar-refractivity contribution in [3.8, 4) is 0 Å². The van der Waals surface area contributed by atoms with Crippen LogP contribution < -0.4 is 0 Å². The summed E-state index contributed by atoms with van der Waals surface area (Å²) in [6.07, 6.45) is 0.853. The average Bonchev–Trinajstić information content (AvgIpc) is 2.29. The molecule has 1 aromatic carbocycles. The molecule has 1 aliphatic rings. The molecular weight excluding hydrogens is 353 g/mol. The summed E-state index contributed by atoms with van der Waals surface area (Å²) in [6.45, 7) is 0.694. The molecule has 1 aromatic rings. The molecule has 4 nitrogen and oxygen atoms in total. The smallest absolute Gasteiger partial charge is 0.243 e. The van der Waals surface area contributed by atoms with Crippen LogP contribution in [-0.2, 0) is 10.0 Å². The van der Waals surface area contributed by atoms with Gasteiger partial charge in [0.25, 0.3) is 0 Å². The third kappa shape index (κ3) is 2.98. The van der Waals surface area contributed by atoms with E-state index in [1.165, 1.54) is 4.31 Å². The van der Waals surface area contributed by atoms with Crippen LogP contribution in [0.15, 0.2) is 29.2 Å². The Morgan fingerprint density at radius 1 is 1.29 bits per heavy atom. The lowest BCUT2D eigenvalue weighted by Gasteiger charge is -2.29. The number of β-amino-alcohol motifs (C(OH)–C–C–N with tert-alkyl or cyclic N) is 1. The van der Waals surface area contributed by atoms with Crippen LogP contribution in [0, 0.1) is 3.57 Å². The second-order valence-corrected chi connectivity index (χ2v) is 7.30. The fourth-order valence-corrected chi connectivity index (χ4v) is 3.77. The van der Waals surface area contributed by atoms with Gasteiger partial charge in [0, 0.05) is 16.7 Å². The third-order valence-corrected chi connectivity index (χ3v) is 5.41. The minimum atomic E-state index is -3.44. The highest BCUT2D eigenvalue weighted by molar-refractivity contribution is 14.1. The van der Waals surface area contributed by atoms with E-state index in [9.17, 15) is 13.5 Å². The minimum absolute atomic E-state index is 0.203. The number of benzene rings is 1. The summed E-state index contributed by atoms with van der Waals surface area (Å²) in [5.74, 6) is 0. The van der Waals surface area contributed by atoms with Gasteiger partial charge in [0.05, 0.1) is 11.0 Å². The van der Waals surface area contributed by atoms with Gasteiger partial charge in [-0.1, -0.05) is 0 Å². The Morgan fingerprint density at radius 2 is 1.94 bits per heavy atom. The van der Waals surface area contributed by atoms with Crippen LogP contribution in [0.3, 0.4) is 0 Å². The average molecular weight is 367 g/mol. The Morgan fingerprint density at radius 3 is 2.53 bits per heavy atom. The molecule has 1 aliphatic heterocycles. The maximum atomic E-state index is 12.3. The normalized spacial score (nSPS) is 22.6. The van der Waals surface area contributed by atoms with Gasteiger partial charge < -0.3 is 5.11 Å². The summed E-state index contributed by atoms with van der Waals surface area (Å²) in [4.78, 5) is 0.298. The Hall–Kier alpha value is -0.180. The lowest BCUT2D eigenvalue weighted by Crippen LogP contribution is -2.42. The fourth-order valence-electron chi connectivity index (χ4n) is 1.89. The molecule has 0 aromatic heterocycles. The van der Waals surface area contributed by atoms with Crippen LogP contribution >= 0.6 is 22.6 Å². The van der Waals surface area contributed by atoms with Gasteiger partial charge in [0.2, 0.25) is 10.0 Å². The number of nitrogens with zero attached hydrogens (tertiary/aromatic N) is 1. The van der Waals surface area contributed by atoms with Crippen LogP contribution in [-0.4, -0.2) is 37.0 Å². The van der Waals surface area contributed by atoms with Gasteiger partial charge in [-0.25, -0.2) is 8.42 Å². The highest BCUT2D eigenvalue weighted by atomic mass is 127. The first kappa shape index (κ1) is 13.3. The monoisotopic (exact) mass is 367 g/mol. The SMILES string of the molecule is O=S(=O)(c1ccc(I)cc1)N1CCCC(O)C1. The van der Waals surface area contributed by atoms with Crippen molar-refractivity contribution in [1.29, 1.82) is 0 Å². The standard InChI is InChI=1S/C11H14INO3S/c12-9-3-5-11(6-4-9)17(15,16)13-7-1-2-10(14)8-13/h3-6,10,14H,1-2,7-8H2. The topological polar surface area (TPSA) is 57.6 Å². The van der Waals surface area contributed by atoms with Gasteiger partial charge in [0.15, 0.2) is 0 Å². The molecule has 0 amide bonds. The molecule has 0 bridgehead atoms. The first-order chi connectivity index (χ1) is 8.00. The zero-order valence-electron chi connectivity index (χ0n) is 9.21. The Bertz CT molecular complexity index is 486. The molecule has 0 radical (unpaired) electrons. The lowest BCUT2D eigenvalue weighted by molar-refractivity contribution is 0.108. The van der Waals surface area contributed by atoms with Crippen LogP contribution in [0.4, 0.5) is 0 Å². The van der Waals surface area contributed by atoms with Gasteiger partial charge >= 0.3 is 0 Å². The summed E-state index contributed by atoms with van der Waals surface area (Å²) in [5.41, 5.74) is 0. The van der Waals surface area contributed by atoms with Crippen molar-refractivity contribution in [2.24, 2.45) is 0 Å². The van der Waals surface area contributed by atoms with E-state index >= 15 is 0 Å². The summed E-state index contributed by atoms with van der Waals surface area (Å²) >= 11 is 2.13. The van der Waals surface area contributed by atoms with Gasteiger partial charge in [-0.2, -0.15) is 4.31 Å². The maximum absolute atomic E-state index is 12.3. The predicted molar refractivity (Wildman–Crippen MR) is 73.2 cm³/mol. The number of aliphatic hydroxyl groups excluding tert-OH is 1. The van der Waals surface area contributed by atoms with E-state index in [0.29, 0.717) is 24.3 Å². The van der Waals surface area contributed by atoms with Crippen molar-refractivity contribution in [1.82, 2.24) is 4.31 Å². The van der Waals surface area contributed by atoms with Crippen molar-refractivity contribution >= 4 is 32.6 Å². The number of sulfonamides is 1. The number of aliphatic hydroxyl groups is 1. The molecule has 6 heteroatoms. The molecular formula is C11H14INO3S. The van der Waals surface area contributed by atoms with Crippen molar-refractivity contribution in [2.45, 2.75) is 23.8 Å². The molecule has 1 unspecified atom stereocenters. The van der Waals surface area contributed by atoms with E-state index in [0.717, 1.165) is 3.57 Å². The van der Waals surface area contributed by atoms with E-state index in [1.807, 2.05) is 0 Å². The van der Waals surface area contributed by atoms with E-state index in [2.05, 4.69) is 22.6 Å². The largest absolute Gasteiger partial charge is 0.392 e. The van der Waals surface area contributed by atoms with Gasteiger partial charge in [-0.05, 0) is 59.7 Å². The number of hydrogen-bond donors (Lipinski definition) is 1. The molecule has 94 valence electrons. The quantitative estimate of drug-likeness (QED) is 0.805. The van der Waals surface area contributed by atoms with E-state index < -0.39 is 16.1 Å². The first-order valence-corrected chi connectivity index (χ1v) is 7.96. The Labute approximate surface area is 115 Å². The number of hydrogen-bond acceptors (Lipinski definition) is 3. The second-order valence-electron chi connectivity index (χ2n) is 4.11. The van der Waals surface area contributed by atoms with Crippen molar-refractivity contribution in [3.63, 3.8) is 0 Å². The van der Waals surface area contributed by atoms with Crippen LogP contribution in [0.1, 0.15) is 12.8 Å². The van der Waals surface area contributed by atoms with Crippen LogP contribution in [0.2, 0.25) is 0 Å². The molecule has 0 saturated carbocycles. The van der Waals surface area contributed by atoms with Crippen molar-refractivity contribution in [3.05, 3.63) is 27.8 Å². The molecule has 1 heterocycles. The molecule has 1 saturated heterocycles. The third-order valence-electron chi connectivity index (χ3n) is 2.81. The van der Waals surface area contributed by atoms with Gasteiger partial charge in [-0.3, -0.25) is 0 Å². The number of rotatable bonds is 2. The first-order valence-electron chi connectivity index (χ1n) is 5.44. The lowest BCUT2D eigenvalue weighted by atomic mass is 10.1. The fraction of sp³-hybridized carbons (Fsp3) is 0.455.